The van der Waals surface area contributed by atoms with Crippen LogP contribution in [0.5, 0.6) is 0 Å². The first kappa shape index (κ1) is 7.88. The second-order valence-electron chi connectivity index (χ2n) is 2.56. The Morgan fingerprint density at radius 2 is 2.40 bits per heavy atom. The van der Waals surface area contributed by atoms with E-state index in [-0.39, 0.29) is 0 Å². The second-order valence-corrected chi connectivity index (χ2v) is 4.18. The van der Waals surface area contributed by atoms with Gasteiger partial charge >= 0.3 is 5.97 Å². The number of thioether (sulfide) groups is 1. The molecule has 0 unspecified atom stereocenters. The molecule has 1 saturated heterocycles. The number of carboxylic acid groups (broad SMARTS) is 1. The molecule has 3 nitrogen and oxygen atoms in total. The zero-order chi connectivity index (χ0) is 7.72. The lowest BCUT2D eigenvalue weighted by Gasteiger charge is -2.02. The van der Waals surface area contributed by atoms with Crippen LogP contribution in [0.15, 0.2) is 0 Å². The summed E-state index contributed by atoms with van der Waals surface area (Å²) in [4.78, 5) is 10.2. The van der Waals surface area contributed by atoms with Crippen molar-refractivity contribution in [1.82, 2.24) is 0 Å². The SMILES string of the molecule is C[C@H]1S[C@@H]1C[C@H](N)C(=O)O. The van der Waals surface area contributed by atoms with E-state index in [0.29, 0.717) is 16.9 Å². The van der Waals surface area contributed by atoms with Crippen LogP contribution in [0.4, 0.5) is 0 Å². The van der Waals surface area contributed by atoms with Crippen LogP contribution < -0.4 is 5.73 Å². The van der Waals surface area contributed by atoms with Crippen LogP contribution in [-0.2, 0) is 4.79 Å². The van der Waals surface area contributed by atoms with Crippen LogP contribution in [0.25, 0.3) is 0 Å². The zero-order valence-electron chi connectivity index (χ0n) is 5.78. The number of rotatable bonds is 3. The molecule has 4 heteroatoms. The van der Waals surface area contributed by atoms with E-state index in [1.807, 2.05) is 0 Å². The Bertz CT molecular complexity index is 151. The van der Waals surface area contributed by atoms with Gasteiger partial charge in [-0.15, -0.1) is 0 Å². The fourth-order valence-corrected chi connectivity index (χ4v) is 1.72. The quantitative estimate of drug-likeness (QED) is 0.584. The summed E-state index contributed by atoms with van der Waals surface area (Å²) >= 11 is 1.79. The number of carboxylic acids is 1. The van der Waals surface area contributed by atoms with Gasteiger partial charge in [-0.3, -0.25) is 4.79 Å². The number of aliphatic carboxylic acids is 1. The van der Waals surface area contributed by atoms with Gasteiger partial charge < -0.3 is 10.8 Å². The molecule has 10 heavy (non-hydrogen) atoms. The van der Waals surface area contributed by atoms with Crippen molar-refractivity contribution in [3.63, 3.8) is 0 Å². The van der Waals surface area contributed by atoms with E-state index in [1.165, 1.54) is 0 Å². The molecule has 0 bridgehead atoms. The summed E-state index contributed by atoms with van der Waals surface area (Å²) in [5, 5.41) is 9.52. The monoisotopic (exact) mass is 161 g/mol. The van der Waals surface area contributed by atoms with E-state index in [9.17, 15) is 4.79 Å². The fourth-order valence-electron chi connectivity index (χ4n) is 0.829. The third kappa shape index (κ3) is 1.88. The van der Waals surface area contributed by atoms with Crippen LogP contribution in [0.2, 0.25) is 0 Å². The molecule has 1 fully saturated rings. The maximum Gasteiger partial charge on any atom is 0.320 e. The third-order valence-corrected chi connectivity index (χ3v) is 3.03. The van der Waals surface area contributed by atoms with Gasteiger partial charge in [0.2, 0.25) is 0 Å². The van der Waals surface area contributed by atoms with E-state index in [2.05, 4.69) is 6.92 Å². The molecule has 0 saturated carbocycles. The van der Waals surface area contributed by atoms with Crippen molar-refractivity contribution in [2.45, 2.75) is 29.9 Å². The molecule has 1 aliphatic heterocycles. The lowest BCUT2D eigenvalue weighted by Crippen LogP contribution is -2.31. The van der Waals surface area contributed by atoms with Gasteiger partial charge in [0.05, 0.1) is 0 Å². The summed E-state index contributed by atoms with van der Waals surface area (Å²) in [6, 6.07) is -0.664. The molecular weight excluding hydrogens is 150 g/mol. The van der Waals surface area contributed by atoms with Gasteiger partial charge in [-0.1, -0.05) is 6.92 Å². The lowest BCUT2D eigenvalue weighted by molar-refractivity contribution is -0.138. The molecule has 0 aromatic heterocycles. The Balaban J connectivity index is 2.19. The van der Waals surface area contributed by atoms with Gasteiger partial charge in [0.25, 0.3) is 0 Å². The normalized spacial score (nSPS) is 33.4. The van der Waals surface area contributed by atoms with Crippen LogP contribution in [0, 0.1) is 0 Å². The number of nitrogens with two attached hydrogens (primary N) is 1. The van der Waals surface area contributed by atoms with Gasteiger partial charge in [-0.2, -0.15) is 11.8 Å². The van der Waals surface area contributed by atoms with Crippen molar-refractivity contribution in [3.8, 4) is 0 Å². The number of carbonyl (C=O) groups is 1. The van der Waals surface area contributed by atoms with E-state index < -0.39 is 12.0 Å². The Morgan fingerprint density at radius 3 is 2.70 bits per heavy atom. The van der Waals surface area contributed by atoms with Gasteiger partial charge in [-0.25, -0.2) is 0 Å². The summed E-state index contributed by atoms with van der Waals surface area (Å²) < 4.78 is 0. The van der Waals surface area contributed by atoms with Crippen molar-refractivity contribution >= 4 is 17.7 Å². The number of hydrogen-bond acceptors (Lipinski definition) is 3. The Morgan fingerprint density at radius 1 is 1.90 bits per heavy atom. The largest absolute Gasteiger partial charge is 0.480 e. The summed E-state index contributed by atoms with van der Waals surface area (Å²) in [6.45, 7) is 2.09. The maximum atomic E-state index is 10.2. The maximum absolute atomic E-state index is 10.2. The first-order chi connectivity index (χ1) is 4.61. The van der Waals surface area contributed by atoms with E-state index in [1.54, 1.807) is 11.8 Å². The summed E-state index contributed by atoms with van der Waals surface area (Å²) in [5.74, 6) is -0.889. The molecule has 0 amide bonds. The number of hydrogen-bond donors (Lipinski definition) is 2. The Kier molecular flexibility index (Phi) is 2.21. The van der Waals surface area contributed by atoms with Gasteiger partial charge in [0, 0.05) is 10.5 Å². The first-order valence-electron chi connectivity index (χ1n) is 3.25. The van der Waals surface area contributed by atoms with Crippen molar-refractivity contribution < 1.29 is 9.90 Å². The highest BCUT2D eigenvalue weighted by molar-refractivity contribution is 8.07. The van der Waals surface area contributed by atoms with E-state index >= 15 is 0 Å². The molecule has 0 radical (unpaired) electrons. The van der Waals surface area contributed by atoms with Crippen LogP contribution in [0.1, 0.15) is 13.3 Å². The molecule has 0 aromatic rings. The van der Waals surface area contributed by atoms with Gasteiger partial charge in [-0.05, 0) is 6.42 Å². The summed E-state index contributed by atoms with van der Waals surface area (Å²) in [7, 11) is 0. The molecule has 3 N–H and O–H groups in total. The van der Waals surface area contributed by atoms with Gasteiger partial charge in [0.15, 0.2) is 0 Å². The fraction of sp³-hybridized carbons (Fsp3) is 0.833. The average Bonchev–Trinajstić information content (AvgIpc) is 2.46. The minimum Gasteiger partial charge on any atom is -0.480 e. The standard InChI is InChI=1S/C6H11NO2S/c1-3-5(10-3)2-4(7)6(8)9/h3-5H,2,7H2,1H3,(H,8,9)/t3-,4+,5-/m1/s1. The Hall–Kier alpha value is -0.220. The minimum absolute atomic E-state index is 0.492. The summed E-state index contributed by atoms with van der Waals surface area (Å²) in [5.41, 5.74) is 5.31. The Labute approximate surface area is 64.0 Å². The summed E-state index contributed by atoms with van der Waals surface area (Å²) in [6.07, 6.45) is 0.612. The molecule has 0 aliphatic carbocycles. The smallest absolute Gasteiger partial charge is 0.320 e. The zero-order valence-corrected chi connectivity index (χ0v) is 6.60. The van der Waals surface area contributed by atoms with Crippen LogP contribution >= 0.6 is 11.8 Å². The van der Waals surface area contributed by atoms with Crippen molar-refractivity contribution in [2.75, 3.05) is 0 Å². The molecule has 1 heterocycles. The molecular formula is C6H11NO2S. The molecule has 3 atom stereocenters. The predicted molar refractivity (Wildman–Crippen MR) is 41.1 cm³/mol. The van der Waals surface area contributed by atoms with Crippen molar-refractivity contribution in [1.29, 1.82) is 0 Å². The van der Waals surface area contributed by atoms with Crippen LogP contribution in [-0.4, -0.2) is 27.6 Å². The second kappa shape index (κ2) is 2.80. The minimum atomic E-state index is -0.889. The predicted octanol–water partition coefficient (Wildman–Crippen LogP) is 0.292. The lowest BCUT2D eigenvalue weighted by atomic mass is 10.1. The highest BCUT2D eigenvalue weighted by atomic mass is 32.2. The van der Waals surface area contributed by atoms with Crippen LogP contribution in [0.3, 0.4) is 0 Å². The van der Waals surface area contributed by atoms with Crippen molar-refractivity contribution in [2.24, 2.45) is 5.73 Å². The molecule has 1 aliphatic rings. The molecule has 0 aromatic carbocycles. The topological polar surface area (TPSA) is 63.3 Å². The molecule has 58 valence electrons. The first-order valence-corrected chi connectivity index (χ1v) is 4.19. The average molecular weight is 161 g/mol. The molecule has 1 rings (SSSR count). The van der Waals surface area contributed by atoms with Gasteiger partial charge in [0.1, 0.15) is 6.04 Å². The highest BCUT2D eigenvalue weighted by Gasteiger charge is 2.36. The van der Waals surface area contributed by atoms with Crippen molar-refractivity contribution in [3.05, 3.63) is 0 Å². The third-order valence-electron chi connectivity index (χ3n) is 1.64. The molecule has 0 spiro atoms. The van der Waals surface area contributed by atoms with E-state index in [0.717, 1.165) is 0 Å². The van der Waals surface area contributed by atoms with E-state index in [4.69, 9.17) is 10.8 Å². The highest BCUT2D eigenvalue weighted by Crippen LogP contribution is 2.43.